The van der Waals surface area contributed by atoms with E-state index in [9.17, 15) is 22.5 Å². The zero-order chi connectivity index (χ0) is 19.3. The Morgan fingerprint density at radius 1 is 1.42 bits per heavy atom. The Morgan fingerprint density at radius 2 is 2.15 bits per heavy atom. The van der Waals surface area contributed by atoms with E-state index in [1.165, 1.54) is 22.8 Å². The Labute approximate surface area is 156 Å². The molecule has 6 nitrogen and oxygen atoms in total. The fourth-order valence-electron chi connectivity index (χ4n) is 2.03. The largest absolute Gasteiger partial charge is 0.616 e. The lowest BCUT2D eigenvalue weighted by atomic mass is 10.4. The Bertz CT molecular complexity index is 742. The molecule has 2 aromatic rings. The maximum absolute atomic E-state index is 12.2. The molecule has 0 fully saturated rings. The van der Waals surface area contributed by atoms with Crippen molar-refractivity contribution in [3.63, 3.8) is 0 Å². The molecule has 0 aliphatic carbocycles. The molecule has 1 amide bonds. The van der Waals surface area contributed by atoms with Crippen LogP contribution in [-0.2, 0) is 16.0 Å². The second kappa shape index (κ2) is 8.74. The number of alkyl halides is 3. The van der Waals surface area contributed by atoms with Crippen molar-refractivity contribution in [3.05, 3.63) is 35.9 Å². The zero-order valence-electron chi connectivity index (χ0n) is 13.7. The van der Waals surface area contributed by atoms with Crippen LogP contribution in [0.4, 0.5) is 18.9 Å². The van der Waals surface area contributed by atoms with Crippen LogP contribution in [0.15, 0.2) is 30.7 Å². The summed E-state index contributed by atoms with van der Waals surface area (Å²) in [5.74, 6) is -1.08. The van der Waals surface area contributed by atoms with E-state index in [2.05, 4.69) is 10.1 Å². The van der Waals surface area contributed by atoms with E-state index in [4.69, 9.17) is 11.6 Å². The fourth-order valence-corrected chi connectivity index (χ4v) is 3.35. The van der Waals surface area contributed by atoms with E-state index in [-0.39, 0.29) is 17.3 Å². The summed E-state index contributed by atoms with van der Waals surface area (Å²) in [5, 5.41) is 4.19. The van der Waals surface area contributed by atoms with Gasteiger partial charge in [0.2, 0.25) is 5.91 Å². The number of pyridine rings is 1. The predicted octanol–water partition coefficient (Wildman–Crippen LogP) is 2.97. The lowest BCUT2D eigenvalue weighted by Crippen LogP contribution is -2.29. The normalized spacial score (nSPS) is 12.8. The summed E-state index contributed by atoms with van der Waals surface area (Å²) in [6.07, 6.45) is -0.936. The number of rotatable bonds is 7. The number of hydrogen-bond donors (Lipinski definition) is 0. The average Bonchev–Trinajstić information content (AvgIpc) is 2.99. The lowest BCUT2D eigenvalue weighted by molar-refractivity contribution is -0.129. The Hall–Kier alpha value is -1.78. The number of anilines is 1. The Kier molecular flexibility index (Phi) is 6.90. The molecule has 26 heavy (non-hydrogen) atoms. The second-order valence-corrected chi connectivity index (χ2v) is 7.43. The number of amides is 1. The van der Waals surface area contributed by atoms with E-state index >= 15 is 0 Å². The van der Waals surface area contributed by atoms with Crippen LogP contribution in [0.1, 0.15) is 12.8 Å². The van der Waals surface area contributed by atoms with Crippen molar-refractivity contribution in [2.24, 2.45) is 0 Å². The summed E-state index contributed by atoms with van der Waals surface area (Å²) in [6, 6.07) is 3.47. The van der Waals surface area contributed by atoms with Gasteiger partial charge in [0.1, 0.15) is 17.2 Å². The minimum absolute atomic E-state index is 0.0860. The van der Waals surface area contributed by atoms with Gasteiger partial charge in [0.25, 0.3) is 0 Å². The van der Waals surface area contributed by atoms with Crippen molar-refractivity contribution < 1.29 is 22.5 Å². The first-order valence-electron chi connectivity index (χ1n) is 7.51. The van der Waals surface area contributed by atoms with Gasteiger partial charge in [0, 0.05) is 13.2 Å². The molecule has 11 heteroatoms. The molecule has 142 valence electrons. The molecule has 0 radical (unpaired) electrons. The molecule has 0 bridgehead atoms. The molecule has 2 aromatic heterocycles. The fraction of sp³-hybridized carbons (Fsp3) is 0.400. The van der Waals surface area contributed by atoms with Gasteiger partial charge >= 0.3 is 6.18 Å². The second-order valence-electron chi connectivity index (χ2n) is 5.38. The molecule has 2 rings (SSSR count). The summed E-state index contributed by atoms with van der Waals surface area (Å²) >= 11 is 4.35. The minimum Gasteiger partial charge on any atom is -0.616 e. The van der Waals surface area contributed by atoms with E-state index < -0.39 is 35.4 Å². The topological polar surface area (TPSA) is 74.1 Å². The molecule has 0 saturated carbocycles. The quantitative estimate of drug-likeness (QED) is 0.660. The molecule has 2 heterocycles. The molecular weight excluding hydrogens is 393 g/mol. The highest BCUT2D eigenvalue weighted by Crippen LogP contribution is 2.25. The highest BCUT2D eigenvalue weighted by atomic mass is 35.5. The van der Waals surface area contributed by atoms with Gasteiger partial charge in [-0.3, -0.25) is 9.78 Å². The number of aromatic nitrogens is 3. The first-order valence-corrected chi connectivity index (χ1v) is 9.38. The van der Waals surface area contributed by atoms with Crippen LogP contribution < -0.4 is 4.90 Å². The van der Waals surface area contributed by atoms with Crippen molar-refractivity contribution in [1.29, 1.82) is 0 Å². The van der Waals surface area contributed by atoms with E-state index in [1.807, 2.05) is 0 Å². The van der Waals surface area contributed by atoms with Gasteiger partial charge in [-0.15, -0.1) is 0 Å². The number of carbonyl (C=O) groups excluding carboxylic acids is 1. The molecule has 0 aliphatic rings. The zero-order valence-corrected chi connectivity index (χ0v) is 15.3. The van der Waals surface area contributed by atoms with Gasteiger partial charge in [-0.25, -0.2) is 4.68 Å². The summed E-state index contributed by atoms with van der Waals surface area (Å²) in [5.41, 5.74) is 0.983. The molecule has 1 atom stereocenters. The van der Waals surface area contributed by atoms with Crippen molar-refractivity contribution in [2.75, 3.05) is 23.5 Å². The number of halogens is 4. The van der Waals surface area contributed by atoms with Gasteiger partial charge in [-0.1, -0.05) is 22.8 Å². The molecular formula is C15H16ClF3N4O2S. The predicted molar refractivity (Wildman–Crippen MR) is 92.9 cm³/mol. The monoisotopic (exact) mass is 408 g/mol. The Morgan fingerprint density at radius 3 is 2.77 bits per heavy atom. The molecule has 0 N–H and O–H groups in total. The van der Waals surface area contributed by atoms with Crippen molar-refractivity contribution >= 4 is 34.4 Å². The van der Waals surface area contributed by atoms with E-state index in [0.29, 0.717) is 11.4 Å². The van der Waals surface area contributed by atoms with Crippen molar-refractivity contribution in [1.82, 2.24) is 14.8 Å². The highest BCUT2D eigenvalue weighted by molar-refractivity contribution is 7.91. The molecule has 0 spiro atoms. The van der Waals surface area contributed by atoms with Gasteiger partial charge in [-0.2, -0.15) is 18.3 Å². The summed E-state index contributed by atoms with van der Waals surface area (Å²) in [4.78, 5) is 17.4. The number of nitrogens with zero attached hydrogens (tertiary/aromatic N) is 4. The van der Waals surface area contributed by atoms with Crippen LogP contribution in [0, 0.1) is 0 Å². The van der Waals surface area contributed by atoms with E-state index in [0.717, 1.165) is 0 Å². The first-order chi connectivity index (χ1) is 12.2. The maximum atomic E-state index is 12.2. The summed E-state index contributed by atoms with van der Waals surface area (Å²) < 4.78 is 49.4. The average molecular weight is 409 g/mol. The first kappa shape index (κ1) is 20.5. The smallest absolute Gasteiger partial charge is 0.393 e. The minimum atomic E-state index is -4.36. The van der Waals surface area contributed by atoms with Gasteiger partial charge in [0.15, 0.2) is 5.15 Å². The van der Waals surface area contributed by atoms with Gasteiger partial charge < -0.3 is 9.45 Å². The SMILES string of the molecule is CN(C(=O)CC[S@@+]([O-])CCC(F)(F)F)c1cn(-c2cccnc2)nc1Cl. The van der Waals surface area contributed by atoms with E-state index in [1.54, 1.807) is 24.5 Å². The Balaban J connectivity index is 1.95. The number of hydrogen-bond acceptors (Lipinski definition) is 4. The van der Waals surface area contributed by atoms with Crippen molar-refractivity contribution in [3.8, 4) is 5.69 Å². The third-order valence-corrected chi connectivity index (χ3v) is 5.04. The molecule has 0 aromatic carbocycles. The van der Waals surface area contributed by atoms with Crippen molar-refractivity contribution in [2.45, 2.75) is 19.0 Å². The molecule has 0 aliphatic heterocycles. The highest BCUT2D eigenvalue weighted by Gasteiger charge is 2.30. The molecule has 0 unspecified atom stereocenters. The number of carbonyl (C=O) groups is 1. The van der Waals surface area contributed by atoms with Gasteiger partial charge in [-0.05, 0) is 12.1 Å². The molecule has 0 saturated heterocycles. The maximum Gasteiger partial charge on any atom is 0.393 e. The van der Waals surface area contributed by atoms with Crippen LogP contribution in [0.5, 0.6) is 0 Å². The summed E-state index contributed by atoms with van der Waals surface area (Å²) in [7, 11) is 1.47. The van der Waals surface area contributed by atoms with Crippen LogP contribution >= 0.6 is 11.6 Å². The van der Waals surface area contributed by atoms with Gasteiger partial charge in [0.05, 0.1) is 30.9 Å². The van der Waals surface area contributed by atoms with Crippen LogP contribution in [0.25, 0.3) is 5.69 Å². The van der Waals surface area contributed by atoms with Crippen LogP contribution in [0.2, 0.25) is 5.15 Å². The summed E-state index contributed by atoms with van der Waals surface area (Å²) in [6.45, 7) is 0. The van der Waals surface area contributed by atoms with Crippen LogP contribution in [0.3, 0.4) is 0 Å². The lowest BCUT2D eigenvalue weighted by Gasteiger charge is -2.17. The van der Waals surface area contributed by atoms with Crippen LogP contribution in [-0.4, -0.2) is 50.0 Å². The third kappa shape index (κ3) is 5.89. The third-order valence-electron chi connectivity index (χ3n) is 3.45. The standard InChI is InChI=1S/C15H16ClF3N4O2S/c1-22(13(24)4-7-26(25)8-5-15(17,18)19)12-10-23(21-14(12)16)11-3-2-6-20-9-11/h2-3,6,9-10H,4-5,7-8H2,1H3/t26-/m1/s1.